The third-order valence-electron chi connectivity index (χ3n) is 3.92. The Bertz CT molecular complexity index is 927. The minimum atomic E-state index is -0.436. The zero-order chi connectivity index (χ0) is 18.3. The van der Waals surface area contributed by atoms with Gasteiger partial charge in [0.25, 0.3) is 5.91 Å². The van der Waals surface area contributed by atoms with Crippen molar-refractivity contribution in [1.82, 2.24) is 9.80 Å². The molecule has 1 amide bonds. The maximum atomic E-state index is 14.1. The lowest BCUT2D eigenvalue weighted by Gasteiger charge is -2.20. The first-order valence-corrected chi connectivity index (χ1v) is 9.68. The SMILES string of the molecule is CN1C(=O)/C(=C(\c2sccc2P)N(C)C)C(C=O)=C1c1sccc1F. The van der Waals surface area contributed by atoms with Gasteiger partial charge >= 0.3 is 0 Å². The van der Waals surface area contributed by atoms with Gasteiger partial charge in [-0.2, -0.15) is 0 Å². The highest BCUT2D eigenvalue weighted by molar-refractivity contribution is 7.30. The summed E-state index contributed by atoms with van der Waals surface area (Å²) in [5.74, 6) is -0.749. The van der Waals surface area contributed by atoms with Gasteiger partial charge in [-0.1, -0.05) is 0 Å². The molecule has 0 spiro atoms. The van der Waals surface area contributed by atoms with Crippen LogP contribution in [-0.4, -0.2) is 43.1 Å². The minimum absolute atomic E-state index is 0.218. The highest BCUT2D eigenvalue weighted by Crippen LogP contribution is 2.41. The van der Waals surface area contributed by atoms with Crippen LogP contribution in [0.2, 0.25) is 0 Å². The Morgan fingerprint density at radius 2 is 1.96 bits per heavy atom. The third-order valence-corrected chi connectivity index (χ3v) is 6.45. The van der Waals surface area contributed by atoms with Gasteiger partial charge in [0.15, 0.2) is 6.29 Å². The van der Waals surface area contributed by atoms with Crippen molar-refractivity contribution < 1.29 is 14.0 Å². The minimum Gasteiger partial charge on any atom is -0.376 e. The van der Waals surface area contributed by atoms with Crippen molar-refractivity contribution in [3.05, 3.63) is 49.6 Å². The summed E-state index contributed by atoms with van der Waals surface area (Å²) >= 11 is 2.66. The third kappa shape index (κ3) is 2.86. The van der Waals surface area contributed by atoms with Crippen LogP contribution in [0.1, 0.15) is 9.75 Å². The van der Waals surface area contributed by atoms with Gasteiger partial charge in [0.2, 0.25) is 0 Å². The van der Waals surface area contributed by atoms with Crippen LogP contribution in [0.25, 0.3) is 11.4 Å². The molecule has 4 nitrogen and oxygen atoms in total. The lowest BCUT2D eigenvalue weighted by Crippen LogP contribution is -2.23. The van der Waals surface area contributed by atoms with Gasteiger partial charge in [-0.3, -0.25) is 9.59 Å². The average Bonchev–Trinajstić information content (AvgIpc) is 3.23. The zero-order valence-electron chi connectivity index (χ0n) is 13.9. The number of hydrogen-bond donors (Lipinski definition) is 0. The first-order valence-electron chi connectivity index (χ1n) is 7.34. The summed E-state index contributed by atoms with van der Waals surface area (Å²) in [6.45, 7) is 0. The van der Waals surface area contributed by atoms with Crippen LogP contribution in [0, 0.1) is 5.82 Å². The molecule has 0 aliphatic carbocycles. The van der Waals surface area contributed by atoms with E-state index in [0.717, 1.165) is 10.2 Å². The maximum Gasteiger partial charge on any atom is 0.261 e. The van der Waals surface area contributed by atoms with Crippen molar-refractivity contribution in [3.63, 3.8) is 0 Å². The Morgan fingerprint density at radius 1 is 1.28 bits per heavy atom. The number of rotatable bonds is 4. The van der Waals surface area contributed by atoms with Crippen molar-refractivity contribution in [2.24, 2.45) is 0 Å². The molecule has 8 heteroatoms. The molecule has 0 N–H and O–H groups in total. The summed E-state index contributed by atoms with van der Waals surface area (Å²) in [5, 5.41) is 4.47. The number of carbonyl (C=O) groups is 2. The molecular formula is C17H16FN2O2PS2. The molecule has 0 bridgehead atoms. The van der Waals surface area contributed by atoms with Gasteiger partial charge in [0.1, 0.15) is 5.82 Å². The molecule has 0 saturated carbocycles. The Balaban J connectivity index is 2.36. The predicted octanol–water partition coefficient (Wildman–Crippen LogP) is 2.80. The number of halogens is 1. The fraction of sp³-hybridized carbons (Fsp3) is 0.176. The van der Waals surface area contributed by atoms with E-state index < -0.39 is 5.82 Å². The van der Waals surface area contributed by atoms with Gasteiger partial charge < -0.3 is 9.80 Å². The molecule has 1 unspecified atom stereocenters. The van der Waals surface area contributed by atoms with E-state index in [4.69, 9.17) is 0 Å². The molecule has 0 saturated heterocycles. The molecule has 1 aliphatic heterocycles. The number of hydrogen-bond acceptors (Lipinski definition) is 5. The van der Waals surface area contributed by atoms with Gasteiger partial charge in [-0.05, 0) is 28.2 Å². The molecule has 1 aliphatic rings. The Kier molecular flexibility index (Phi) is 4.91. The summed E-state index contributed by atoms with van der Waals surface area (Å²) in [4.78, 5) is 29.2. The van der Waals surface area contributed by atoms with E-state index in [0.29, 0.717) is 28.1 Å². The van der Waals surface area contributed by atoms with E-state index in [1.54, 1.807) is 12.4 Å². The summed E-state index contributed by atoms with van der Waals surface area (Å²) in [6, 6.07) is 3.27. The van der Waals surface area contributed by atoms with E-state index >= 15 is 0 Å². The van der Waals surface area contributed by atoms with Gasteiger partial charge in [0, 0.05) is 21.1 Å². The highest BCUT2D eigenvalue weighted by Gasteiger charge is 2.38. The fourth-order valence-electron chi connectivity index (χ4n) is 2.82. The number of likely N-dealkylation sites (N-methyl/N-ethyl adjacent to an activating group) is 1. The molecular weight excluding hydrogens is 378 g/mol. The molecule has 0 radical (unpaired) electrons. The number of carbonyl (C=O) groups excluding carboxylic acids is 2. The molecule has 3 rings (SSSR count). The second-order valence-corrected chi connectivity index (χ2v) is 8.12. The van der Waals surface area contributed by atoms with Crippen LogP contribution >= 0.6 is 31.9 Å². The average molecular weight is 394 g/mol. The normalized spacial score (nSPS) is 16.7. The second-order valence-electron chi connectivity index (χ2n) is 5.67. The Labute approximate surface area is 155 Å². The number of nitrogens with zero attached hydrogens (tertiary/aromatic N) is 2. The van der Waals surface area contributed by atoms with Gasteiger partial charge in [0.05, 0.1) is 32.3 Å². The first-order chi connectivity index (χ1) is 11.9. The maximum absolute atomic E-state index is 14.1. The lowest BCUT2D eigenvalue weighted by atomic mass is 10.0. The number of amides is 1. The number of thiophene rings is 2. The standard InChI is InChI=1S/C17H16FN2O2PS2/c1-19(2)14(16-11(23)5-7-25-16)12-9(8-21)13(20(3)17(12)22)15-10(18)4-6-24-15/h4-8H,23H2,1-3H3/b14-12+. The molecule has 130 valence electrons. The molecule has 2 aromatic heterocycles. The van der Waals surface area contributed by atoms with Crippen molar-refractivity contribution in [3.8, 4) is 0 Å². The molecule has 1 atom stereocenters. The molecule has 3 heterocycles. The van der Waals surface area contributed by atoms with Crippen LogP contribution < -0.4 is 5.30 Å². The summed E-state index contributed by atoms with van der Waals surface area (Å²) in [7, 11) is 7.86. The van der Waals surface area contributed by atoms with Crippen LogP contribution in [0.15, 0.2) is 34.0 Å². The van der Waals surface area contributed by atoms with Gasteiger partial charge in [-0.15, -0.1) is 31.9 Å². The summed E-state index contributed by atoms with van der Waals surface area (Å²) in [6.07, 6.45) is 0.644. The molecule has 2 aromatic rings. The molecule has 0 aromatic carbocycles. The van der Waals surface area contributed by atoms with Crippen molar-refractivity contribution in [2.75, 3.05) is 21.1 Å². The summed E-state index contributed by atoms with van der Waals surface area (Å²) in [5.41, 5.74) is 1.50. The summed E-state index contributed by atoms with van der Waals surface area (Å²) < 4.78 is 14.1. The van der Waals surface area contributed by atoms with E-state index in [1.165, 1.54) is 33.6 Å². The second kappa shape index (κ2) is 6.83. The van der Waals surface area contributed by atoms with Crippen molar-refractivity contribution in [1.29, 1.82) is 0 Å². The van der Waals surface area contributed by atoms with E-state index in [1.807, 2.05) is 30.4 Å². The monoisotopic (exact) mass is 394 g/mol. The van der Waals surface area contributed by atoms with Crippen molar-refractivity contribution >= 4 is 60.8 Å². The van der Waals surface area contributed by atoms with Crippen molar-refractivity contribution in [2.45, 2.75) is 0 Å². The van der Waals surface area contributed by atoms with Crippen LogP contribution in [0.4, 0.5) is 4.39 Å². The topological polar surface area (TPSA) is 40.6 Å². The Morgan fingerprint density at radius 3 is 2.44 bits per heavy atom. The van der Waals surface area contributed by atoms with Crippen LogP contribution in [-0.2, 0) is 9.59 Å². The number of aldehydes is 1. The molecule has 25 heavy (non-hydrogen) atoms. The van der Waals surface area contributed by atoms with E-state index in [2.05, 4.69) is 9.24 Å². The fourth-order valence-corrected chi connectivity index (χ4v) is 5.21. The first kappa shape index (κ1) is 18.0. The lowest BCUT2D eigenvalue weighted by molar-refractivity contribution is -0.122. The van der Waals surface area contributed by atoms with Crippen LogP contribution in [0.3, 0.4) is 0 Å². The molecule has 0 fully saturated rings. The van der Waals surface area contributed by atoms with E-state index in [-0.39, 0.29) is 11.5 Å². The Hall–Kier alpha value is -1.82. The largest absolute Gasteiger partial charge is 0.376 e. The highest BCUT2D eigenvalue weighted by atomic mass is 32.1. The van der Waals surface area contributed by atoms with E-state index in [9.17, 15) is 14.0 Å². The van der Waals surface area contributed by atoms with Gasteiger partial charge in [-0.25, -0.2) is 4.39 Å². The van der Waals surface area contributed by atoms with Crippen LogP contribution in [0.5, 0.6) is 0 Å². The predicted molar refractivity (Wildman–Crippen MR) is 104 cm³/mol. The smallest absolute Gasteiger partial charge is 0.261 e. The zero-order valence-corrected chi connectivity index (χ0v) is 16.7. The quantitative estimate of drug-likeness (QED) is 0.455.